The monoisotopic (exact) mass is 379 g/mol. The van der Waals surface area contributed by atoms with Crippen molar-refractivity contribution in [2.24, 2.45) is 7.05 Å². The minimum Gasteiger partial charge on any atom is -0.493 e. The van der Waals surface area contributed by atoms with Crippen LogP contribution in [-0.4, -0.2) is 25.9 Å². The van der Waals surface area contributed by atoms with Crippen molar-refractivity contribution in [3.8, 4) is 38.8 Å². The van der Waals surface area contributed by atoms with Crippen molar-refractivity contribution >= 4 is 22.2 Å². The minimum atomic E-state index is 0.606. The lowest BCUT2D eigenvalue weighted by molar-refractivity contribution is 0.324. The average molecular weight is 379 g/mol. The number of fused-ring (bicyclic) bond motifs is 1. The summed E-state index contributed by atoms with van der Waals surface area (Å²) in [7, 11) is 6.97. The third-order valence-corrected chi connectivity index (χ3v) is 5.74. The Hall–Kier alpha value is -2.92. The van der Waals surface area contributed by atoms with Crippen molar-refractivity contribution in [2.75, 3.05) is 21.3 Å². The highest BCUT2D eigenvalue weighted by Crippen LogP contribution is 2.43. The number of methoxy groups -OCH3 is 3. The second-order valence-corrected chi connectivity index (χ2v) is 7.20. The van der Waals surface area contributed by atoms with Crippen molar-refractivity contribution < 1.29 is 14.2 Å². The first kappa shape index (κ1) is 17.5. The summed E-state index contributed by atoms with van der Waals surface area (Å²) in [6, 6.07) is 14.7. The summed E-state index contributed by atoms with van der Waals surface area (Å²) in [5.74, 6) is 1.92. The van der Waals surface area contributed by atoms with Gasteiger partial charge in [-0.2, -0.15) is 0 Å². The number of nitrogens with zero attached hydrogens (tertiary/aromatic N) is 1. The van der Waals surface area contributed by atoms with Gasteiger partial charge >= 0.3 is 0 Å². The smallest absolute Gasteiger partial charge is 0.203 e. The molecule has 138 valence electrons. The Labute approximate surface area is 162 Å². The lowest BCUT2D eigenvalue weighted by Gasteiger charge is -2.13. The van der Waals surface area contributed by atoms with E-state index in [-0.39, 0.29) is 0 Å². The van der Waals surface area contributed by atoms with Gasteiger partial charge in [0.2, 0.25) is 5.75 Å². The van der Waals surface area contributed by atoms with Gasteiger partial charge in [0.15, 0.2) is 11.5 Å². The summed E-state index contributed by atoms with van der Waals surface area (Å²) < 4.78 is 18.6. The van der Waals surface area contributed by atoms with Gasteiger partial charge in [0.25, 0.3) is 0 Å². The molecular formula is C22H21NO3S. The van der Waals surface area contributed by atoms with Gasteiger partial charge in [-0.1, -0.05) is 18.2 Å². The number of hydrogen-bond acceptors (Lipinski definition) is 4. The van der Waals surface area contributed by atoms with Crippen LogP contribution in [0.1, 0.15) is 0 Å². The molecule has 0 saturated heterocycles. The summed E-state index contributed by atoms with van der Waals surface area (Å²) in [6.07, 6.45) is 2.19. The largest absolute Gasteiger partial charge is 0.493 e. The van der Waals surface area contributed by atoms with Crippen LogP contribution in [0.25, 0.3) is 32.5 Å². The topological polar surface area (TPSA) is 32.6 Å². The van der Waals surface area contributed by atoms with Crippen LogP contribution in [0.4, 0.5) is 0 Å². The molecule has 2 heterocycles. The average Bonchev–Trinajstić information content (AvgIpc) is 3.32. The number of thiophene rings is 1. The van der Waals surface area contributed by atoms with Crippen LogP contribution in [0.2, 0.25) is 0 Å². The maximum atomic E-state index is 5.49. The Morgan fingerprint density at radius 1 is 0.852 bits per heavy atom. The molecule has 0 bridgehead atoms. The van der Waals surface area contributed by atoms with Crippen LogP contribution < -0.4 is 14.2 Å². The van der Waals surface area contributed by atoms with E-state index < -0.39 is 0 Å². The van der Waals surface area contributed by atoms with E-state index in [0.717, 1.165) is 10.4 Å². The number of rotatable bonds is 5. The van der Waals surface area contributed by atoms with E-state index in [0.29, 0.717) is 17.2 Å². The third kappa shape index (κ3) is 2.94. The summed E-state index contributed by atoms with van der Waals surface area (Å²) >= 11 is 1.71. The van der Waals surface area contributed by atoms with Crippen LogP contribution in [0.5, 0.6) is 17.2 Å². The van der Waals surface area contributed by atoms with Crippen LogP contribution in [0, 0.1) is 0 Å². The Bertz CT molecular complexity index is 1080. The highest BCUT2D eigenvalue weighted by atomic mass is 32.1. The molecule has 0 aliphatic rings. The van der Waals surface area contributed by atoms with Crippen LogP contribution in [0.15, 0.2) is 54.0 Å². The highest BCUT2D eigenvalue weighted by molar-refractivity contribution is 7.14. The number of hydrogen-bond donors (Lipinski definition) is 0. The van der Waals surface area contributed by atoms with Gasteiger partial charge in [-0.15, -0.1) is 11.3 Å². The fourth-order valence-corrected chi connectivity index (χ4v) is 4.32. The first-order valence-electron chi connectivity index (χ1n) is 8.59. The zero-order valence-electron chi connectivity index (χ0n) is 15.8. The van der Waals surface area contributed by atoms with Crippen molar-refractivity contribution in [1.29, 1.82) is 0 Å². The zero-order valence-corrected chi connectivity index (χ0v) is 16.6. The molecule has 0 unspecified atom stereocenters. The van der Waals surface area contributed by atoms with Gasteiger partial charge in [-0.3, -0.25) is 0 Å². The Kier molecular flexibility index (Phi) is 4.54. The van der Waals surface area contributed by atoms with E-state index in [4.69, 9.17) is 14.2 Å². The van der Waals surface area contributed by atoms with Crippen molar-refractivity contribution in [3.05, 3.63) is 54.0 Å². The molecule has 0 aliphatic heterocycles. The fourth-order valence-electron chi connectivity index (χ4n) is 3.42. The van der Waals surface area contributed by atoms with E-state index in [9.17, 15) is 0 Å². The molecule has 4 aromatic rings. The molecular weight excluding hydrogens is 358 g/mol. The van der Waals surface area contributed by atoms with Gasteiger partial charge in [0, 0.05) is 34.6 Å². The molecule has 4 rings (SSSR count). The third-order valence-electron chi connectivity index (χ3n) is 4.76. The van der Waals surface area contributed by atoms with Gasteiger partial charge in [0.05, 0.1) is 21.3 Å². The molecule has 2 aromatic heterocycles. The molecule has 0 amide bonds. The molecule has 0 atom stereocenters. The summed E-state index contributed by atoms with van der Waals surface area (Å²) in [5.41, 5.74) is 4.72. The lowest BCUT2D eigenvalue weighted by Crippen LogP contribution is -1.95. The first-order chi connectivity index (χ1) is 13.2. The van der Waals surface area contributed by atoms with Gasteiger partial charge < -0.3 is 18.8 Å². The molecule has 0 aliphatic carbocycles. The van der Waals surface area contributed by atoms with E-state index >= 15 is 0 Å². The highest BCUT2D eigenvalue weighted by Gasteiger charge is 2.16. The van der Waals surface area contributed by atoms with Gasteiger partial charge in [0.1, 0.15) is 0 Å². The van der Waals surface area contributed by atoms with Crippen molar-refractivity contribution in [2.45, 2.75) is 0 Å². The zero-order chi connectivity index (χ0) is 19.0. The molecule has 0 saturated carbocycles. The summed E-state index contributed by atoms with van der Waals surface area (Å²) in [5, 5.41) is 3.45. The van der Waals surface area contributed by atoms with Crippen molar-refractivity contribution in [1.82, 2.24) is 4.57 Å². The summed E-state index contributed by atoms with van der Waals surface area (Å²) in [4.78, 5) is 1.15. The van der Waals surface area contributed by atoms with E-state index in [2.05, 4.69) is 53.5 Å². The number of aromatic nitrogens is 1. The number of aryl methyl sites for hydroxylation is 1. The Morgan fingerprint density at radius 2 is 1.56 bits per heavy atom. The van der Waals surface area contributed by atoms with Crippen LogP contribution in [0.3, 0.4) is 0 Å². The number of ether oxygens (including phenoxy) is 3. The molecule has 0 fully saturated rings. The molecule has 27 heavy (non-hydrogen) atoms. The Morgan fingerprint density at radius 3 is 2.22 bits per heavy atom. The lowest BCUT2D eigenvalue weighted by atomic mass is 10.1. The second kappa shape index (κ2) is 7.00. The first-order valence-corrected chi connectivity index (χ1v) is 9.47. The maximum absolute atomic E-state index is 5.49. The molecule has 0 radical (unpaired) electrons. The predicted molar refractivity (Wildman–Crippen MR) is 111 cm³/mol. The SMILES string of the molecule is COc1cc(-c2cc(-c3cn(C)c4ccccc34)cs2)cc(OC)c1OC. The fraction of sp³-hybridized carbons (Fsp3) is 0.182. The van der Waals surface area contributed by atoms with Crippen molar-refractivity contribution in [3.63, 3.8) is 0 Å². The normalized spacial score (nSPS) is 11.0. The van der Waals surface area contributed by atoms with Gasteiger partial charge in [-0.25, -0.2) is 0 Å². The van der Waals surface area contributed by atoms with Crippen LogP contribution in [-0.2, 0) is 7.05 Å². The second-order valence-electron chi connectivity index (χ2n) is 6.28. The quantitative estimate of drug-likeness (QED) is 0.452. The maximum Gasteiger partial charge on any atom is 0.203 e. The predicted octanol–water partition coefficient (Wildman–Crippen LogP) is 5.60. The molecule has 4 nitrogen and oxygen atoms in total. The molecule has 2 aromatic carbocycles. The number of para-hydroxylation sites is 1. The van der Waals surface area contributed by atoms with E-state index in [1.807, 2.05) is 12.1 Å². The molecule has 0 spiro atoms. The molecule has 5 heteroatoms. The standard InChI is InChI=1S/C22H21NO3S/c1-23-12-17(16-7-5-6-8-18(16)23)15-11-21(27-13-15)14-9-19(24-2)22(26-4)20(10-14)25-3/h5-13H,1-4H3. The Balaban J connectivity index is 1.81. The van der Waals surface area contributed by atoms with Crippen LogP contribution >= 0.6 is 11.3 Å². The minimum absolute atomic E-state index is 0.606. The van der Waals surface area contributed by atoms with E-state index in [1.54, 1.807) is 32.7 Å². The number of benzene rings is 2. The van der Waals surface area contributed by atoms with Gasteiger partial charge in [-0.05, 0) is 40.8 Å². The van der Waals surface area contributed by atoms with E-state index in [1.165, 1.54) is 22.0 Å². The summed E-state index contributed by atoms with van der Waals surface area (Å²) in [6.45, 7) is 0. The molecule has 0 N–H and O–H groups in total.